The Morgan fingerprint density at radius 1 is 1.16 bits per heavy atom. The largest absolute Gasteiger partial charge is 0.397 e. The molecular formula is C15H16N4. The van der Waals surface area contributed by atoms with Gasteiger partial charge in [-0.15, -0.1) is 0 Å². The first-order valence-electron chi connectivity index (χ1n) is 6.46. The highest BCUT2D eigenvalue weighted by Crippen LogP contribution is 2.27. The van der Waals surface area contributed by atoms with Crippen molar-refractivity contribution in [2.45, 2.75) is 19.9 Å². The van der Waals surface area contributed by atoms with Crippen LogP contribution in [0.5, 0.6) is 0 Å². The number of imidazole rings is 1. The van der Waals surface area contributed by atoms with E-state index in [1.165, 1.54) is 0 Å². The number of nitrogen functional groups attached to an aromatic ring is 1. The fraction of sp³-hybridized carbons (Fsp3) is 0.200. The van der Waals surface area contributed by atoms with E-state index in [9.17, 15) is 0 Å². The van der Waals surface area contributed by atoms with Crippen molar-refractivity contribution in [2.75, 3.05) is 5.73 Å². The maximum absolute atomic E-state index is 6.02. The van der Waals surface area contributed by atoms with Crippen LogP contribution in [0, 0.1) is 0 Å². The minimum Gasteiger partial charge on any atom is -0.397 e. The van der Waals surface area contributed by atoms with Gasteiger partial charge in [-0.3, -0.25) is 4.98 Å². The first kappa shape index (κ1) is 11.7. The first-order chi connectivity index (χ1) is 9.31. The lowest BCUT2D eigenvalue weighted by Gasteiger charge is -2.07. The predicted octanol–water partition coefficient (Wildman–Crippen LogP) is 3.09. The van der Waals surface area contributed by atoms with Crippen molar-refractivity contribution in [3.8, 4) is 11.4 Å². The highest BCUT2D eigenvalue weighted by Gasteiger charge is 2.13. The summed E-state index contributed by atoms with van der Waals surface area (Å²) in [5.41, 5.74) is 9.79. The van der Waals surface area contributed by atoms with E-state index in [-0.39, 0.29) is 0 Å². The normalized spacial score (nSPS) is 11.0. The number of aromatic nitrogens is 3. The van der Waals surface area contributed by atoms with E-state index in [4.69, 9.17) is 10.7 Å². The molecule has 0 saturated carbocycles. The Labute approximate surface area is 111 Å². The van der Waals surface area contributed by atoms with Crippen molar-refractivity contribution in [1.82, 2.24) is 14.5 Å². The van der Waals surface area contributed by atoms with E-state index >= 15 is 0 Å². The maximum Gasteiger partial charge on any atom is 0.141 e. The van der Waals surface area contributed by atoms with Crippen LogP contribution in [0.2, 0.25) is 0 Å². The van der Waals surface area contributed by atoms with E-state index < -0.39 is 0 Å². The molecule has 0 aliphatic rings. The number of aryl methyl sites for hydroxylation is 1. The number of hydrogen-bond donors (Lipinski definition) is 1. The van der Waals surface area contributed by atoms with Crippen molar-refractivity contribution in [3.63, 3.8) is 0 Å². The van der Waals surface area contributed by atoms with Crippen LogP contribution in [0.4, 0.5) is 5.69 Å². The Hall–Kier alpha value is -2.36. The summed E-state index contributed by atoms with van der Waals surface area (Å²) in [5.74, 6) is 0.956. The summed E-state index contributed by atoms with van der Waals surface area (Å²) < 4.78 is 2.22. The Morgan fingerprint density at radius 2 is 1.95 bits per heavy atom. The number of nitrogens with two attached hydrogens (primary N) is 1. The Balaban J connectivity index is 2.29. The van der Waals surface area contributed by atoms with Gasteiger partial charge in [-0.1, -0.05) is 13.0 Å². The van der Waals surface area contributed by atoms with Crippen molar-refractivity contribution < 1.29 is 0 Å². The Kier molecular flexibility index (Phi) is 2.91. The zero-order valence-corrected chi connectivity index (χ0v) is 10.9. The molecule has 19 heavy (non-hydrogen) atoms. The number of nitrogens with zero attached hydrogens (tertiary/aromatic N) is 3. The standard InChI is InChI=1S/C15H16N4/c1-2-10-19-13-5-3-4-12(16)14(13)18-15(19)11-6-8-17-9-7-11/h3-9H,2,10,16H2,1H3. The Bertz CT molecular complexity index is 701. The Morgan fingerprint density at radius 3 is 2.68 bits per heavy atom. The van der Waals surface area contributed by atoms with Crippen LogP contribution in [0.3, 0.4) is 0 Å². The van der Waals surface area contributed by atoms with Gasteiger partial charge in [0.05, 0.1) is 11.2 Å². The third-order valence-corrected chi connectivity index (χ3v) is 3.20. The summed E-state index contributed by atoms with van der Waals surface area (Å²) in [7, 11) is 0. The second-order valence-corrected chi connectivity index (χ2v) is 4.54. The van der Waals surface area contributed by atoms with E-state index in [2.05, 4.69) is 22.5 Å². The molecule has 0 amide bonds. The molecule has 3 aromatic rings. The fourth-order valence-electron chi connectivity index (χ4n) is 2.34. The number of benzene rings is 1. The summed E-state index contributed by atoms with van der Waals surface area (Å²) in [5, 5.41) is 0. The number of hydrogen-bond acceptors (Lipinski definition) is 3. The highest BCUT2D eigenvalue weighted by molar-refractivity contribution is 5.90. The van der Waals surface area contributed by atoms with Crippen LogP contribution in [0.1, 0.15) is 13.3 Å². The second-order valence-electron chi connectivity index (χ2n) is 4.54. The predicted molar refractivity (Wildman–Crippen MR) is 77.7 cm³/mol. The van der Waals surface area contributed by atoms with Gasteiger partial charge in [0.1, 0.15) is 11.3 Å². The van der Waals surface area contributed by atoms with Crippen molar-refractivity contribution in [2.24, 2.45) is 0 Å². The number of anilines is 1. The van der Waals surface area contributed by atoms with Crippen LogP contribution in [-0.4, -0.2) is 14.5 Å². The summed E-state index contributed by atoms with van der Waals surface area (Å²) >= 11 is 0. The van der Waals surface area contributed by atoms with Crippen LogP contribution in [-0.2, 0) is 6.54 Å². The zero-order chi connectivity index (χ0) is 13.2. The lowest BCUT2D eigenvalue weighted by atomic mass is 10.2. The minimum atomic E-state index is 0.725. The maximum atomic E-state index is 6.02. The number of pyridine rings is 1. The van der Waals surface area contributed by atoms with Gasteiger partial charge in [0, 0.05) is 24.5 Å². The molecule has 0 fully saturated rings. The molecule has 0 aliphatic heterocycles. The molecule has 0 bridgehead atoms. The lowest BCUT2D eigenvalue weighted by Crippen LogP contribution is -1.99. The molecule has 0 spiro atoms. The van der Waals surface area contributed by atoms with Gasteiger partial charge in [-0.25, -0.2) is 4.98 Å². The average Bonchev–Trinajstić information content (AvgIpc) is 2.81. The fourth-order valence-corrected chi connectivity index (χ4v) is 2.34. The van der Waals surface area contributed by atoms with Crippen LogP contribution >= 0.6 is 0 Å². The zero-order valence-electron chi connectivity index (χ0n) is 10.9. The summed E-state index contributed by atoms with van der Waals surface area (Å²) in [6, 6.07) is 9.88. The molecule has 0 radical (unpaired) electrons. The van der Waals surface area contributed by atoms with Crippen LogP contribution in [0.15, 0.2) is 42.7 Å². The van der Waals surface area contributed by atoms with E-state index in [0.29, 0.717) is 0 Å². The molecule has 2 heterocycles. The first-order valence-corrected chi connectivity index (χ1v) is 6.46. The van der Waals surface area contributed by atoms with Gasteiger partial charge >= 0.3 is 0 Å². The SMILES string of the molecule is CCCn1c(-c2ccncc2)nc2c(N)cccc21. The number of fused-ring (bicyclic) bond motifs is 1. The lowest BCUT2D eigenvalue weighted by molar-refractivity contribution is 0.704. The molecule has 96 valence electrons. The minimum absolute atomic E-state index is 0.725. The summed E-state index contributed by atoms with van der Waals surface area (Å²) in [6.07, 6.45) is 4.63. The highest BCUT2D eigenvalue weighted by atomic mass is 15.1. The van der Waals surface area contributed by atoms with Crippen molar-refractivity contribution >= 4 is 16.7 Å². The summed E-state index contributed by atoms with van der Waals surface area (Å²) in [6.45, 7) is 3.09. The molecule has 0 atom stereocenters. The molecule has 0 unspecified atom stereocenters. The molecule has 0 aliphatic carbocycles. The van der Waals surface area contributed by atoms with E-state index in [1.807, 2.05) is 24.3 Å². The van der Waals surface area contributed by atoms with Crippen molar-refractivity contribution in [3.05, 3.63) is 42.7 Å². The van der Waals surface area contributed by atoms with E-state index in [1.54, 1.807) is 12.4 Å². The molecule has 0 saturated heterocycles. The molecular weight excluding hydrogens is 236 g/mol. The van der Waals surface area contributed by atoms with Gasteiger partial charge in [-0.05, 0) is 30.7 Å². The molecule has 2 aromatic heterocycles. The number of rotatable bonds is 3. The van der Waals surface area contributed by atoms with Crippen LogP contribution < -0.4 is 5.73 Å². The quantitative estimate of drug-likeness (QED) is 0.729. The molecule has 2 N–H and O–H groups in total. The molecule has 3 rings (SSSR count). The molecule has 1 aromatic carbocycles. The third-order valence-electron chi connectivity index (χ3n) is 3.20. The van der Waals surface area contributed by atoms with Crippen LogP contribution in [0.25, 0.3) is 22.4 Å². The molecule has 4 nitrogen and oxygen atoms in total. The topological polar surface area (TPSA) is 56.7 Å². The van der Waals surface area contributed by atoms with Gasteiger partial charge in [0.25, 0.3) is 0 Å². The monoisotopic (exact) mass is 252 g/mol. The van der Waals surface area contributed by atoms with Gasteiger partial charge in [0.15, 0.2) is 0 Å². The molecule has 4 heteroatoms. The van der Waals surface area contributed by atoms with Crippen molar-refractivity contribution in [1.29, 1.82) is 0 Å². The summed E-state index contributed by atoms with van der Waals surface area (Å²) in [4.78, 5) is 8.77. The van der Waals surface area contributed by atoms with E-state index in [0.717, 1.165) is 41.1 Å². The average molecular weight is 252 g/mol. The second kappa shape index (κ2) is 4.72. The smallest absolute Gasteiger partial charge is 0.141 e. The van der Waals surface area contributed by atoms with Gasteiger partial charge in [-0.2, -0.15) is 0 Å². The van der Waals surface area contributed by atoms with Gasteiger partial charge < -0.3 is 10.3 Å². The number of para-hydroxylation sites is 1. The van der Waals surface area contributed by atoms with Gasteiger partial charge in [0.2, 0.25) is 0 Å². The third kappa shape index (κ3) is 1.95.